The Balaban J connectivity index is 1.81. The Labute approximate surface area is 159 Å². The first-order valence-corrected chi connectivity index (χ1v) is 9.04. The second kappa shape index (κ2) is 7.20. The number of hydrogen-bond acceptors (Lipinski definition) is 6. The fourth-order valence-corrected chi connectivity index (χ4v) is 3.76. The molecule has 0 aliphatic rings. The molecule has 27 heavy (non-hydrogen) atoms. The average molecular weight is 381 g/mol. The van der Waals surface area contributed by atoms with Crippen LogP contribution in [0.1, 0.15) is 0 Å². The Bertz CT molecular complexity index is 1100. The van der Waals surface area contributed by atoms with Gasteiger partial charge in [0, 0.05) is 17.0 Å². The van der Waals surface area contributed by atoms with Crippen LogP contribution in [0.4, 0.5) is 15.9 Å². The summed E-state index contributed by atoms with van der Waals surface area (Å²) in [5.74, 6) is 1.73. The molecule has 0 amide bonds. The van der Waals surface area contributed by atoms with Gasteiger partial charge in [-0.2, -0.15) is 0 Å². The summed E-state index contributed by atoms with van der Waals surface area (Å²) >= 11 is 1.52. The third-order valence-corrected chi connectivity index (χ3v) is 5.07. The predicted molar refractivity (Wildman–Crippen MR) is 106 cm³/mol. The molecule has 0 aliphatic carbocycles. The van der Waals surface area contributed by atoms with E-state index in [1.807, 2.05) is 17.5 Å². The highest BCUT2D eigenvalue weighted by atomic mass is 32.1. The van der Waals surface area contributed by atoms with Crippen molar-refractivity contribution in [2.45, 2.75) is 0 Å². The van der Waals surface area contributed by atoms with Gasteiger partial charge in [-0.15, -0.1) is 11.3 Å². The van der Waals surface area contributed by atoms with E-state index < -0.39 is 0 Å². The number of nitrogens with one attached hydrogen (secondary N) is 1. The fraction of sp³-hybridized carbons (Fsp3) is 0.100. The van der Waals surface area contributed by atoms with Crippen molar-refractivity contribution < 1.29 is 13.9 Å². The molecule has 0 atom stereocenters. The number of ether oxygens (including phenoxy) is 2. The molecule has 0 radical (unpaired) electrons. The van der Waals surface area contributed by atoms with Gasteiger partial charge >= 0.3 is 0 Å². The largest absolute Gasteiger partial charge is 0.497 e. The third-order valence-electron chi connectivity index (χ3n) is 4.19. The van der Waals surface area contributed by atoms with Gasteiger partial charge in [0.25, 0.3) is 0 Å². The van der Waals surface area contributed by atoms with Crippen LogP contribution >= 0.6 is 11.3 Å². The average Bonchev–Trinajstić information content (AvgIpc) is 3.14. The topological polar surface area (TPSA) is 56.3 Å². The van der Waals surface area contributed by atoms with Gasteiger partial charge in [-0.05, 0) is 29.8 Å². The maximum atomic E-state index is 13.3. The predicted octanol–water partition coefficient (Wildman–Crippen LogP) is 5.26. The number of benzene rings is 2. The first kappa shape index (κ1) is 17.2. The number of rotatable bonds is 5. The maximum Gasteiger partial charge on any atom is 0.146 e. The van der Waals surface area contributed by atoms with Crippen LogP contribution in [0.2, 0.25) is 0 Å². The zero-order valence-corrected chi connectivity index (χ0v) is 15.5. The standard InChI is InChI=1S/C20H16FN3O2S/c1-25-14-7-8-16(17(9-14)26-2)24-19-18-15(10-27-20(18)23-11-22-19)12-3-5-13(21)6-4-12/h3-11H,1-2H3,(H,22,23,24). The molecule has 4 aromatic rings. The molecule has 136 valence electrons. The number of aromatic nitrogens is 2. The van der Waals surface area contributed by atoms with Crippen LogP contribution in [0.5, 0.6) is 11.5 Å². The number of methoxy groups -OCH3 is 2. The number of thiophene rings is 1. The highest BCUT2D eigenvalue weighted by Gasteiger charge is 2.15. The normalized spacial score (nSPS) is 10.8. The van der Waals surface area contributed by atoms with Crippen LogP contribution in [0, 0.1) is 5.82 Å². The molecule has 4 rings (SSSR count). The van der Waals surface area contributed by atoms with E-state index in [2.05, 4.69) is 15.3 Å². The maximum absolute atomic E-state index is 13.3. The molecule has 0 bridgehead atoms. The monoisotopic (exact) mass is 381 g/mol. The summed E-state index contributed by atoms with van der Waals surface area (Å²) in [5, 5.41) is 6.21. The van der Waals surface area contributed by atoms with Gasteiger partial charge in [0.05, 0.1) is 25.3 Å². The number of hydrogen-bond donors (Lipinski definition) is 1. The summed E-state index contributed by atoms with van der Waals surface area (Å²) in [5.41, 5.74) is 2.61. The lowest BCUT2D eigenvalue weighted by atomic mass is 10.1. The third kappa shape index (κ3) is 3.29. The van der Waals surface area contributed by atoms with Gasteiger partial charge in [-0.25, -0.2) is 14.4 Å². The van der Waals surface area contributed by atoms with Gasteiger partial charge < -0.3 is 14.8 Å². The summed E-state index contributed by atoms with van der Waals surface area (Å²) in [6.45, 7) is 0. The lowest BCUT2D eigenvalue weighted by Crippen LogP contribution is -1.98. The minimum Gasteiger partial charge on any atom is -0.497 e. The second-order valence-electron chi connectivity index (χ2n) is 5.75. The Kier molecular flexibility index (Phi) is 4.60. The van der Waals surface area contributed by atoms with E-state index in [-0.39, 0.29) is 5.82 Å². The van der Waals surface area contributed by atoms with Crippen LogP contribution in [0.3, 0.4) is 0 Å². The molecule has 2 aromatic heterocycles. The van der Waals surface area contributed by atoms with Crippen molar-refractivity contribution in [1.82, 2.24) is 9.97 Å². The smallest absolute Gasteiger partial charge is 0.146 e. The van der Waals surface area contributed by atoms with Gasteiger partial charge in [0.2, 0.25) is 0 Å². The van der Waals surface area contributed by atoms with Crippen molar-refractivity contribution in [3.63, 3.8) is 0 Å². The summed E-state index contributed by atoms with van der Waals surface area (Å²) in [7, 11) is 3.21. The van der Waals surface area contributed by atoms with E-state index in [1.165, 1.54) is 29.8 Å². The molecule has 7 heteroatoms. The van der Waals surface area contributed by atoms with Gasteiger partial charge in [0.1, 0.15) is 34.3 Å². The van der Waals surface area contributed by atoms with Crippen molar-refractivity contribution in [2.24, 2.45) is 0 Å². The van der Waals surface area contributed by atoms with E-state index in [0.29, 0.717) is 17.3 Å². The van der Waals surface area contributed by atoms with E-state index in [1.54, 1.807) is 32.4 Å². The van der Waals surface area contributed by atoms with E-state index in [9.17, 15) is 4.39 Å². The molecular weight excluding hydrogens is 365 g/mol. The van der Waals surface area contributed by atoms with Crippen molar-refractivity contribution in [3.05, 3.63) is 60.0 Å². The molecule has 0 fully saturated rings. The highest BCUT2D eigenvalue weighted by molar-refractivity contribution is 7.17. The van der Waals surface area contributed by atoms with Crippen molar-refractivity contribution in [1.29, 1.82) is 0 Å². The van der Waals surface area contributed by atoms with Crippen molar-refractivity contribution in [2.75, 3.05) is 19.5 Å². The quantitative estimate of drug-likeness (QED) is 0.511. The summed E-state index contributed by atoms with van der Waals surface area (Å²) in [6, 6.07) is 11.9. The number of halogens is 1. The summed E-state index contributed by atoms with van der Waals surface area (Å²) in [6.07, 6.45) is 1.52. The molecule has 0 unspecified atom stereocenters. The number of nitrogens with zero attached hydrogens (tertiary/aromatic N) is 2. The molecule has 0 saturated carbocycles. The van der Waals surface area contributed by atoms with Crippen molar-refractivity contribution in [3.8, 4) is 22.6 Å². The summed E-state index contributed by atoms with van der Waals surface area (Å²) < 4.78 is 24.0. The summed E-state index contributed by atoms with van der Waals surface area (Å²) in [4.78, 5) is 9.63. The Morgan fingerprint density at radius 3 is 2.56 bits per heavy atom. The van der Waals surface area contributed by atoms with Crippen LogP contribution < -0.4 is 14.8 Å². The van der Waals surface area contributed by atoms with E-state index >= 15 is 0 Å². The molecular formula is C20H16FN3O2S. The van der Waals surface area contributed by atoms with Crippen LogP contribution in [-0.4, -0.2) is 24.2 Å². The Hall–Kier alpha value is -3.19. The first-order chi connectivity index (χ1) is 13.2. The first-order valence-electron chi connectivity index (χ1n) is 8.17. The van der Waals surface area contributed by atoms with E-state index in [4.69, 9.17) is 9.47 Å². The number of fused-ring (bicyclic) bond motifs is 1. The van der Waals surface area contributed by atoms with Gasteiger partial charge in [-0.3, -0.25) is 0 Å². The minimum absolute atomic E-state index is 0.268. The molecule has 0 saturated heterocycles. The molecule has 5 nitrogen and oxygen atoms in total. The lowest BCUT2D eigenvalue weighted by Gasteiger charge is -2.13. The zero-order valence-electron chi connectivity index (χ0n) is 14.7. The zero-order chi connectivity index (χ0) is 18.8. The molecule has 2 aromatic carbocycles. The van der Waals surface area contributed by atoms with E-state index in [0.717, 1.165) is 27.0 Å². The SMILES string of the molecule is COc1ccc(Nc2ncnc3scc(-c4ccc(F)cc4)c23)c(OC)c1. The van der Waals surface area contributed by atoms with Gasteiger partial charge in [-0.1, -0.05) is 12.1 Å². The molecule has 2 heterocycles. The number of anilines is 2. The van der Waals surface area contributed by atoms with Gasteiger partial charge in [0.15, 0.2) is 0 Å². The second-order valence-corrected chi connectivity index (χ2v) is 6.61. The molecule has 0 aliphatic heterocycles. The highest BCUT2D eigenvalue weighted by Crippen LogP contribution is 2.39. The Morgan fingerprint density at radius 2 is 1.81 bits per heavy atom. The fourth-order valence-electron chi connectivity index (χ4n) is 2.84. The Morgan fingerprint density at radius 1 is 1.00 bits per heavy atom. The lowest BCUT2D eigenvalue weighted by molar-refractivity contribution is 0.395. The molecule has 1 N–H and O–H groups in total. The van der Waals surface area contributed by atoms with Crippen LogP contribution in [0.15, 0.2) is 54.2 Å². The van der Waals surface area contributed by atoms with Crippen LogP contribution in [0.25, 0.3) is 21.3 Å². The van der Waals surface area contributed by atoms with Crippen LogP contribution in [-0.2, 0) is 0 Å². The minimum atomic E-state index is -0.268. The molecule has 0 spiro atoms. The van der Waals surface area contributed by atoms with Crippen molar-refractivity contribution >= 4 is 33.1 Å².